The molecule has 2 aliphatic rings. The van der Waals surface area contributed by atoms with Crippen molar-refractivity contribution in [1.82, 2.24) is 0 Å². The maximum Gasteiger partial charge on any atom is 0.307 e. The van der Waals surface area contributed by atoms with Crippen LogP contribution in [0.2, 0.25) is 0 Å². The van der Waals surface area contributed by atoms with Gasteiger partial charge in [0.05, 0.1) is 23.9 Å². The molecule has 2 unspecified atom stereocenters. The molecule has 2 fully saturated rings. The Balaban J connectivity index is 1.91. The van der Waals surface area contributed by atoms with Crippen molar-refractivity contribution < 1.29 is 19.5 Å². The third-order valence-corrected chi connectivity index (χ3v) is 4.37. The number of benzene rings is 1. The zero-order chi connectivity index (χ0) is 15.0. The van der Waals surface area contributed by atoms with E-state index in [0.717, 1.165) is 25.7 Å². The Morgan fingerprint density at radius 3 is 2.33 bits per heavy atom. The molecular formula is C16H17NO4. The maximum absolute atomic E-state index is 12.5. The zero-order valence-electron chi connectivity index (χ0n) is 11.6. The van der Waals surface area contributed by atoms with Crippen molar-refractivity contribution in [1.29, 1.82) is 0 Å². The van der Waals surface area contributed by atoms with Gasteiger partial charge in [-0.25, -0.2) is 0 Å². The van der Waals surface area contributed by atoms with E-state index in [9.17, 15) is 14.4 Å². The lowest BCUT2D eigenvalue weighted by atomic mass is 9.81. The summed E-state index contributed by atoms with van der Waals surface area (Å²) in [5.74, 6) is -1.56. The molecule has 0 spiro atoms. The summed E-state index contributed by atoms with van der Waals surface area (Å²) in [4.78, 5) is 37.0. The van der Waals surface area contributed by atoms with E-state index < -0.39 is 5.97 Å². The molecule has 5 nitrogen and oxygen atoms in total. The molecule has 2 atom stereocenters. The molecule has 1 aliphatic carbocycles. The second-order valence-corrected chi connectivity index (χ2v) is 5.75. The number of anilines is 1. The molecule has 1 heterocycles. The Kier molecular flexibility index (Phi) is 3.49. The Morgan fingerprint density at radius 1 is 1.14 bits per heavy atom. The lowest BCUT2D eigenvalue weighted by Gasteiger charge is -2.19. The van der Waals surface area contributed by atoms with Crippen LogP contribution in [0.15, 0.2) is 24.3 Å². The highest BCUT2D eigenvalue weighted by Crippen LogP contribution is 2.40. The summed E-state index contributed by atoms with van der Waals surface area (Å²) in [7, 11) is 0. The second kappa shape index (κ2) is 5.31. The first-order valence-electron chi connectivity index (χ1n) is 7.26. The van der Waals surface area contributed by atoms with Crippen molar-refractivity contribution in [3.05, 3.63) is 29.8 Å². The van der Waals surface area contributed by atoms with Crippen LogP contribution in [0.1, 0.15) is 31.2 Å². The average molecular weight is 287 g/mol. The van der Waals surface area contributed by atoms with Gasteiger partial charge in [0.2, 0.25) is 11.8 Å². The number of nitrogens with zero attached hydrogens (tertiary/aromatic N) is 1. The topological polar surface area (TPSA) is 74.7 Å². The smallest absolute Gasteiger partial charge is 0.307 e. The van der Waals surface area contributed by atoms with E-state index in [1.807, 2.05) is 0 Å². The van der Waals surface area contributed by atoms with Crippen LogP contribution in [0.4, 0.5) is 5.69 Å². The van der Waals surface area contributed by atoms with Crippen LogP contribution >= 0.6 is 0 Å². The van der Waals surface area contributed by atoms with Gasteiger partial charge >= 0.3 is 5.97 Å². The predicted octanol–water partition coefficient (Wildman–Crippen LogP) is 1.99. The van der Waals surface area contributed by atoms with E-state index in [2.05, 4.69) is 0 Å². The number of rotatable bonds is 3. The van der Waals surface area contributed by atoms with Gasteiger partial charge < -0.3 is 5.11 Å². The first-order valence-corrected chi connectivity index (χ1v) is 7.26. The third-order valence-electron chi connectivity index (χ3n) is 4.37. The van der Waals surface area contributed by atoms with Crippen molar-refractivity contribution in [2.75, 3.05) is 4.90 Å². The van der Waals surface area contributed by atoms with E-state index in [-0.39, 0.29) is 30.1 Å². The number of carbonyl (C=O) groups is 3. The number of carboxylic acids is 1. The Hall–Kier alpha value is -2.17. The molecule has 1 aromatic carbocycles. The van der Waals surface area contributed by atoms with Crippen LogP contribution in [0.5, 0.6) is 0 Å². The van der Waals surface area contributed by atoms with Gasteiger partial charge in [0.1, 0.15) is 0 Å². The Labute approximate surface area is 122 Å². The van der Waals surface area contributed by atoms with Gasteiger partial charge in [-0.15, -0.1) is 0 Å². The molecule has 0 aromatic heterocycles. The highest BCUT2D eigenvalue weighted by atomic mass is 16.4. The molecule has 5 heteroatoms. The molecule has 1 N–H and O–H groups in total. The number of hydrogen-bond acceptors (Lipinski definition) is 3. The number of fused-ring (bicyclic) bond motifs is 1. The van der Waals surface area contributed by atoms with Gasteiger partial charge in [0.25, 0.3) is 0 Å². The van der Waals surface area contributed by atoms with Gasteiger partial charge in [0, 0.05) is 0 Å². The molecular weight excluding hydrogens is 270 g/mol. The number of amides is 2. The first-order chi connectivity index (χ1) is 10.1. The van der Waals surface area contributed by atoms with E-state index in [0.29, 0.717) is 11.3 Å². The van der Waals surface area contributed by atoms with Crippen LogP contribution in [0.3, 0.4) is 0 Å². The van der Waals surface area contributed by atoms with Crippen molar-refractivity contribution >= 4 is 23.5 Å². The highest BCUT2D eigenvalue weighted by molar-refractivity contribution is 6.22. The van der Waals surface area contributed by atoms with Crippen LogP contribution < -0.4 is 4.90 Å². The number of carbonyl (C=O) groups excluding carboxylic acids is 2. The summed E-state index contributed by atoms with van der Waals surface area (Å²) in [5.41, 5.74) is 1.09. The first kappa shape index (κ1) is 13.8. The minimum absolute atomic E-state index is 0.114. The third kappa shape index (κ3) is 2.44. The van der Waals surface area contributed by atoms with Crippen LogP contribution in [-0.4, -0.2) is 22.9 Å². The minimum atomic E-state index is -0.931. The fraction of sp³-hybridized carbons (Fsp3) is 0.438. The normalized spacial score (nSPS) is 25.0. The van der Waals surface area contributed by atoms with Gasteiger partial charge in [-0.05, 0) is 30.5 Å². The molecule has 21 heavy (non-hydrogen) atoms. The molecule has 1 saturated carbocycles. The van der Waals surface area contributed by atoms with Gasteiger partial charge in [-0.1, -0.05) is 25.0 Å². The summed E-state index contributed by atoms with van der Waals surface area (Å²) < 4.78 is 0. The minimum Gasteiger partial charge on any atom is -0.481 e. The maximum atomic E-state index is 12.5. The lowest BCUT2D eigenvalue weighted by Crippen LogP contribution is -2.30. The summed E-state index contributed by atoms with van der Waals surface area (Å²) in [6, 6.07) is 6.70. The fourth-order valence-electron chi connectivity index (χ4n) is 3.40. The molecule has 110 valence electrons. The summed E-state index contributed by atoms with van der Waals surface area (Å²) >= 11 is 0. The van der Waals surface area contributed by atoms with Crippen LogP contribution in [0.25, 0.3) is 0 Å². The molecule has 1 aliphatic heterocycles. The summed E-state index contributed by atoms with van der Waals surface area (Å²) in [6.45, 7) is 0. The highest BCUT2D eigenvalue weighted by Gasteiger charge is 2.48. The van der Waals surface area contributed by atoms with Crippen molar-refractivity contribution in [2.24, 2.45) is 11.8 Å². The molecule has 1 aromatic rings. The molecule has 2 amide bonds. The zero-order valence-corrected chi connectivity index (χ0v) is 11.6. The van der Waals surface area contributed by atoms with E-state index >= 15 is 0 Å². The number of hydrogen-bond donors (Lipinski definition) is 1. The van der Waals surface area contributed by atoms with Crippen molar-refractivity contribution in [3.8, 4) is 0 Å². The second-order valence-electron chi connectivity index (χ2n) is 5.75. The van der Waals surface area contributed by atoms with Crippen molar-refractivity contribution in [2.45, 2.75) is 32.1 Å². The predicted molar refractivity (Wildman–Crippen MR) is 75.7 cm³/mol. The molecule has 1 saturated heterocycles. The summed E-state index contributed by atoms with van der Waals surface area (Å²) in [6.07, 6.45) is 3.43. The largest absolute Gasteiger partial charge is 0.481 e. The standard InChI is InChI=1S/C16H17NO4/c18-14(19)9-10-4-3-5-11(8-10)17-15(20)12-6-1-2-7-13(12)16(17)21/h3-5,8,12-13H,1-2,6-7,9H2,(H,18,19). The van der Waals surface area contributed by atoms with E-state index in [1.165, 1.54) is 4.90 Å². The van der Waals surface area contributed by atoms with Gasteiger partial charge in [-0.2, -0.15) is 0 Å². The SMILES string of the molecule is O=C(O)Cc1cccc(N2C(=O)C3CCCCC3C2=O)c1. The fourth-order valence-corrected chi connectivity index (χ4v) is 3.40. The van der Waals surface area contributed by atoms with Crippen molar-refractivity contribution in [3.63, 3.8) is 0 Å². The number of carboxylic acid groups (broad SMARTS) is 1. The van der Waals surface area contributed by atoms with Gasteiger partial charge in [0.15, 0.2) is 0 Å². The summed E-state index contributed by atoms with van der Waals surface area (Å²) in [5, 5.41) is 8.85. The Morgan fingerprint density at radius 2 is 1.76 bits per heavy atom. The number of imide groups is 1. The molecule has 0 bridgehead atoms. The Bertz CT molecular complexity index is 586. The lowest BCUT2D eigenvalue weighted by molar-refractivity contribution is -0.136. The molecule has 3 rings (SSSR count). The van der Waals surface area contributed by atoms with Crippen LogP contribution in [0, 0.1) is 11.8 Å². The molecule has 0 radical (unpaired) electrons. The van der Waals surface area contributed by atoms with Gasteiger partial charge in [-0.3, -0.25) is 19.3 Å². The van der Waals surface area contributed by atoms with E-state index in [4.69, 9.17) is 5.11 Å². The quantitative estimate of drug-likeness (QED) is 0.863. The average Bonchev–Trinajstić information content (AvgIpc) is 2.71. The van der Waals surface area contributed by atoms with Crippen LogP contribution in [-0.2, 0) is 20.8 Å². The van der Waals surface area contributed by atoms with E-state index in [1.54, 1.807) is 24.3 Å². The monoisotopic (exact) mass is 287 g/mol. The number of aliphatic carboxylic acids is 1.